The summed E-state index contributed by atoms with van der Waals surface area (Å²) >= 11 is 0. The monoisotopic (exact) mass is 574 g/mol. The van der Waals surface area contributed by atoms with Crippen molar-refractivity contribution in [2.45, 2.75) is 68.5 Å². The Hall–Kier alpha value is -4.04. The molecule has 220 valence electrons. The number of hydrogen-bond acceptors (Lipinski definition) is 2. The summed E-state index contributed by atoms with van der Waals surface area (Å²) in [5, 5.41) is 0. The van der Waals surface area contributed by atoms with Crippen LogP contribution in [0.25, 0.3) is 0 Å². The predicted molar refractivity (Wildman–Crippen MR) is 184 cm³/mol. The second-order valence-corrected chi connectivity index (χ2v) is 13.8. The van der Waals surface area contributed by atoms with Crippen molar-refractivity contribution in [3.05, 3.63) is 150 Å². The average Bonchev–Trinajstić information content (AvgIpc) is 3.61. The fourth-order valence-electron chi connectivity index (χ4n) is 9.51. The lowest BCUT2D eigenvalue weighted by Crippen LogP contribution is -2.40. The summed E-state index contributed by atoms with van der Waals surface area (Å²) in [5.74, 6) is 2.57. The van der Waals surface area contributed by atoms with Crippen molar-refractivity contribution in [3.63, 3.8) is 0 Å². The third-order valence-corrected chi connectivity index (χ3v) is 11.5. The van der Waals surface area contributed by atoms with Crippen LogP contribution in [-0.2, 0) is 0 Å². The molecule has 1 fully saturated rings. The molecule has 4 aliphatic carbocycles. The number of benzene rings is 3. The van der Waals surface area contributed by atoms with Crippen molar-refractivity contribution in [2.24, 2.45) is 17.8 Å². The van der Waals surface area contributed by atoms with Crippen molar-refractivity contribution in [1.29, 1.82) is 0 Å². The number of allylic oxidation sites excluding steroid dienone is 6. The first-order valence-corrected chi connectivity index (χ1v) is 17.1. The van der Waals surface area contributed by atoms with Crippen LogP contribution in [0, 0.1) is 17.8 Å². The zero-order chi connectivity index (χ0) is 29.0. The highest BCUT2D eigenvalue weighted by atomic mass is 15.2. The molecule has 0 N–H and O–H groups in total. The minimum absolute atomic E-state index is 0.301. The molecule has 3 aromatic carbocycles. The van der Waals surface area contributed by atoms with Crippen LogP contribution in [0.5, 0.6) is 0 Å². The van der Waals surface area contributed by atoms with E-state index in [4.69, 9.17) is 0 Å². The lowest BCUT2D eigenvalue weighted by atomic mass is 9.74. The van der Waals surface area contributed by atoms with Crippen molar-refractivity contribution < 1.29 is 0 Å². The van der Waals surface area contributed by atoms with Crippen LogP contribution in [0.1, 0.15) is 61.5 Å². The van der Waals surface area contributed by atoms with Crippen LogP contribution in [0.3, 0.4) is 0 Å². The Morgan fingerprint density at radius 2 is 1.48 bits per heavy atom. The Morgan fingerprint density at radius 1 is 0.636 bits per heavy atom. The molecule has 6 aliphatic rings. The highest BCUT2D eigenvalue weighted by Crippen LogP contribution is 2.52. The zero-order valence-corrected chi connectivity index (χ0v) is 25.5. The standard InChI is InChI=1S/C42H42N2/c1-3-12-29(13-4-1)30-14-11-17-34(26-30)44-40-21-10-8-19-36(40)38-25-23-32(28-42(38)44)31-22-24-37-35-18-7-9-20-39(35)43(41(37)27-31)33-15-5-2-6-16-33/h2-3,5-8,10-12,14-19,21-26,28-29,31,35,37-39,41-42H,1,4,9,13,20,27H2. The van der Waals surface area contributed by atoms with E-state index < -0.39 is 0 Å². The van der Waals surface area contributed by atoms with Gasteiger partial charge in [-0.1, -0.05) is 103 Å². The Bertz CT molecular complexity index is 1690. The Kier molecular flexibility index (Phi) is 6.50. The smallest absolute Gasteiger partial charge is 0.0632 e. The minimum Gasteiger partial charge on any atom is -0.364 e. The second-order valence-electron chi connectivity index (χ2n) is 13.8. The van der Waals surface area contributed by atoms with E-state index >= 15 is 0 Å². The van der Waals surface area contributed by atoms with Gasteiger partial charge in [0, 0.05) is 58.7 Å². The molecule has 0 saturated carbocycles. The molecule has 0 spiro atoms. The average molecular weight is 575 g/mol. The summed E-state index contributed by atoms with van der Waals surface area (Å²) < 4.78 is 0. The van der Waals surface area contributed by atoms with Gasteiger partial charge in [0.25, 0.3) is 0 Å². The summed E-state index contributed by atoms with van der Waals surface area (Å²) in [4.78, 5) is 5.45. The van der Waals surface area contributed by atoms with Gasteiger partial charge in [-0.3, -0.25) is 0 Å². The van der Waals surface area contributed by atoms with Gasteiger partial charge >= 0.3 is 0 Å². The van der Waals surface area contributed by atoms with E-state index in [0.717, 1.165) is 0 Å². The lowest BCUT2D eigenvalue weighted by Gasteiger charge is -2.38. The molecule has 2 nitrogen and oxygen atoms in total. The molecule has 8 unspecified atom stereocenters. The SMILES string of the molecule is C1=CC(c2cccc(N3c4ccccc4C4C=CC(C5C=CC6C7C=CCCC7N(c7ccccc7)C6C5)=CC43)c2)CCC1. The number of rotatable bonds is 4. The van der Waals surface area contributed by atoms with Gasteiger partial charge in [0.05, 0.1) is 6.04 Å². The summed E-state index contributed by atoms with van der Waals surface area (Å²) in [6, 6.07) is 31.2. The maximum Gasteiger partial charge on any atom is 0.0632 e. The predicted octanol–water partition coefficient (Wildman–Crippen LogP) is 10.0. The van der Waals surface area contributed by atoms with Crippen LogP contribution in [-0.4, -0.2) is 18.1 Å². The maximum atomic E-state index is 2.81. The van der Waals surface area contributed by atoms with Crippen molar-refractivity contribution >= 4 is 17.1 Å². The fraction of sp³-hybridized carbons (Fsp3) is 0.333. The summed E-state index contributed by atoms with van der Waals surface area (Å²) in [7, 11) is 0. The molecule has 0 amide bonds. The van der Waals surface area contributed by atoms with E-state index in [1.54, 1.807) is 0 Å². The number of anilines is 3. The molecular formula is C42H42N2. The molecule has 2 heteroatoms. The van der Waals surface area contributed by atoms with E-state index in [9.17, 15) is 0 Å². The summed E-state index contributed by atoms with van der Waals surface area (Å²) in [6.45, 7) is 0. The van der Waals surface area contributed by atoms with Crippen molar-refractivity contribution in [2.75, 3.05) is 9.80 Å². The second kappa shape index (κ2) is 10.8. The Balaban J connectivity index is 1.06. The molecule has 9 rings (SSSR count). The summed E-state index contributed by atoms with van der Waals surface area (Å²) in [6.07, 6.45) is 29.9. The molecule has 0 bridgehead atoms. The highest BCUT2D eigenvalue weighted by molar-refractivity contribution is 5.76. The Labute approximate surface area is 262 Å². The summed E-state index contributed by atoms with van der Waals surface area (Å²) in [5.41, 5.74) is 8.49. The van der Waals surface area contributed by atoms with Crippen LogP contribution < -0.4 is 9.80 Å². The van der Waals surface area contributed by atoms with Crippen LogP contribution >= 0.6 is 0 Å². The third kappa shape index (κ3) is 4.29. The van der Waals surface area contributed by atoms with E-state index in [2.05, 4.69) is 143 Å². The topological polar surface area (TPSA) is 6.48 Å². The molecule has 44 heavy (non-hydrogen) atoms. The molecule has 0 aromatic heterocycles. The first-order chi connectivity index (χ1) is 21.8. The largest absolute Gasteiger partial charge is 0.364 e. The third-order valence-electron chi connectivity index (χ3n) is 11.5. The first-order valence-electron chi connectivity index (χ1n) is 17.1. The number of fused-ring (bicyclic) bond motifs is 6. The minimum atomic E-state index is 0.301. The zero-order valence-electron chi connectivity index (χ0n) is 25.5. The normalized spacial score (nSPS) is 33.0. The van der Waals surface area contributed by atoms with Gasteiger partial charge < -0.3 is 9.80 Å². The molecule has 8 atom stereocenters. The molecule has 3 aromatic rings. The molecular weight excluding hydrogens is 532 g/mol. The first kappa shape index (κ1) is 26.4. The van der Waals surface area contributed by atoms with Crippen molar-refractivity contribution in [3.8, 4) is 0 Å². The quantitative estimate of drug-likeness (QED) is 0.286. The van der Waals surface area contributed by atoms with E-state index in [0.29, 0.717) is 47.7 Å². The maximum absolute atomic E-state index is 2.81. The Morgan fingerprint density at radius 3 is 2.39 bits per heavy atom. The van der Waals surface area contributed by atoms with Gasteiger partial charge in [0.1, 0.15) is 0 Å². The van der Waals surface area contributed by atoms with Gasteiger partial charge in [0.15, 0.2) is 0 Å². The van der Waals surface area contributed by atoms with E-state index in [1.807, 2.05) is 0 Å². The molecule has 2 heterocycles. The highest BCUT2D eigenvalue weighted by Gasteiger charge is 2.49. The van der Waals surface area contributed by atoms with Gasteiger partial charge in [0.2, 0.25) is 0 Å². The fourth-order valence-corrected chi connectivity index (χ4v) is 9.51. The molecule has 2 aliphatic heterocycles. The van der Waals surface area contributed by atoms with E-state index in [1.165, 1.54) is 72.3 Å². The van der Waals surface area contributed by atoms with Gasteiger partial charge in [-0.05, 0) is 85.6 Å². The van der Waals surface area contributed by atoms with Crippen LogP contribution in [0.4, 0.5) is 17.1 Å². The van der Waals surface area contributed by atoms with Crippen LogP contribution in [0.15, 0.2) is 139 Å². The number of para-hydroxylation sites is 2. The van der Waals surface area contributed by atoms with Crippen molar-refractivity contribution in [1.82, 2.24) is 0 Å². The van der Waals surface area contributed by atoms with Gasteiger partial charge in [-0.2, -0.15) is 0 Å². The van der Waals surface area contributed by atoms with Crippen LogP contribution in [0.2, 0.25) is 0 Å². The van der Waals surface area contributed by atoms with Gasteiger partial charge in [-0.15, -0.1) is 0 Å². The van der Waals surface area contributed by atoms with E-state index in [-0.39, 0.29) is 0 Å². The molecule has 0 radical (unpaired) electrons. The molecule has 1 saturated heterocycles. The lowest BCUT2D eigenvalue weighted by molar-refractivity contribution is 0.412. The number of nitrogens with zero attached hydrogens (tertiary/aromatic N) is 2. The number of hydrogen-bond donors (Lipinski definition) is 0. The van der Waals surface area contributed by atoms with Gasteiger partial charge in [-0.25, -0.2) is 0 Å².